The van der Waals surface area contributed by atoms with Crippen molar-refractivity contribution in [2.45, 2.75) is 39.4 Å². The van der Waals surface area contributed by atoms with Crippen molar-refractivity contribution < 1.29 is 0 Å². The van der Waals surface area contributed by atoms with Gasteiger partial charge >= 0.3 is 0 Å². The van der Waals surface area contributed by atoms with E-state index in [2.05, 4.69) is 43.8 Å². The van der Waals surface area contributed by atoms with Crippen LogP contribution < -0.4 is 11.1 Å². The van der Waals surface area contributed by atoms with Crippen LogP contribution in [-0.2, 0) is 0 Å². The lowest BCUT2D eigenvalue weighted by molar-refractivity contribution is 0.225. The number of nitrogens with one attached hydrogen (secondary N) is 1. The number of hydrogen-bond donors (Lipinski definition) is 2. The molecule has 74 valence electrons. The lowest BCUT2D eigenvalue weighted by Crippen LogP contribution is -2.50. The summed E-state index contributed by atoms with van der Waals surface area (Å²) in [7, 11) is 0. The second-order valence-corrected chi connectivity index (χ2v) is 4.48. The summed E-state index contributed by atoms with van der Waals surface area (Å²) in [5, 5.41) is 3.13. The second kappa shape index (κ2) is 3.07. The number of nitrogens with two attached hydrogens (primary N) is 1. The topological polar surface area (TPSA) is 41.3 Å². The predicted octanol–water partition coefficient (Wildman–Crippen LogP) is 1.35. The average molecular weight is 181 g/mol. The molecule has 3 N–H and O–H groups in total. The first-order valence-corrected chi connectivity index (χ1v) is 4.51. The van der Waals surface area contributed by atoms with Gasteiger partial charge in [0.15, 0.2) is 0 Å². The Labute approximate surface area is 80.3 Å². The van der Waals surface area contributed by atoms with Crippen molar-refractivity contribution in [3.8, 4) is 0 Å². The highest BCUT2D eigenvalue weighted by Crippen LogP contribution is 2.22. The fourth-order valence-corrected chi connectivity index (χ4v) is 1.32. The quantitative estimate of drug-likeness (QED) is 0.592. The van der Waals surface area contributed by atoms with Gasteiger partial charge in [-0.05, 0) is 33.3 Å². The predicted molar refractivity (Wildman–Crippen MR) is 55.6 cm³/mol. The van der Waals surface area contributed by atoms with Gasteiger partial charge in [-0.3, -0.25) is 0 Å². The van der Waals surface area contributed by atoms with Crippen LogP contribution in [0.4, 0.5) is 0 Å². The van der Waals surface area contributed by atoms with Crippen molar-refractivity contribution in [2.24, 2.45) is 5.73 Å². The van der Waals surface area contributed by atoms with Crippen molar-refractivity contribution in [1.82, 2.24) is 10.2 Å². The minimum Gasteiger partial charge on any atom is -0.353 e. The van der Waals surface area contributed by atoms with Crippen LogP contribution in [0.25, 0.3) is 0 Å². The van der Waals surface area contributed by atoms with E-state index in [0.717, 1.165) is 11.4 Å². The van der Waals surface area contributed by atoms with Crippen molar-refractivity contribution in [3.63, 3.8) is 0 Å². The number of nitrogens with zero attached hydrogens (tertiary/aromatic N) is 1. The minimum absolute atomic E-state index is 0.0471. The van der Waals surface area contributed by atoms with Crippen molar-refractivity contribution in [3.05, 3.63) is 24.2 Å². The Kier molecular flexibility index (Phi) is 2.39. The third kappa shape index (κ3) is 2.04. The fraction of sp³-hybridized carbons (Fsp3) is 0.600. The lowest BCUT2D eigenvalue weighted by Gasteiger charge is -2.41. The summed E-state index contributed by atoms with van der Waals surface area (Å²) in [6, 6.07) is 0. The van der Waals surface area contributed by atoms with Crippen LogP contribution in [0.1, 0.15) is 27.7 Å². The maximum Gasteiger partial charge on any atom is 0.0998 e. The molecule has 0 saturated carbocycles. The summed E-state index contributed by atoms with van der Waals surface area (Å²) < 4.78 is 0. The third-order valence-electron chi connectivity index (χ3n) is 2.16. The average Bonchev–Trinajstić information content (AvgIpc) is 1.94. The van der Waals surface area contributed by atoms with Crippen LogP contribution in [0.5, 0.6) is 0 Å². The van der Waals surface area contributed by atoms with E-state index in [0.29, 0.717) is 0 Å². The Morgan fingerprint density at radius 1 is 1.54 bits per heavy atom. The first kappa shape index (κ1) is 10.1. The van der Waals surface area contributed by atoms with Gasteiger partial charge in [0.2, 0.25) is 0 Å². The first-order chi connectivity index (χ1) is 5.82. The lowest BCUT2D eigenvalue weighted by atomic mass is 10.0. The minimum atomic E-state index is -0.0916. The van der Waals surface area contributed by atoms with Crippen LogP contribution in [-0.4, -0.2) is 16.6 Å². The fourth-order valence-electron chi connectivity index (χ4n) is 1.32. The van der Waals surface area contributed by atoms with Crippen LogP contribution in [0.15, 0.2) is 24.2 Å². The van der Waals surface area contributed by atoms with Crippen LogP contribution in [0.2, 0.25) is 0 Å². The highest BCUT2D eigenvalue weighted by molar-refractivity contribution is 5.19. The SMILES string of the molecule is C=C1NC(N)C(C)=CN1C(C)(C)C. The van der Waals surface area contributed by atoms with Gasteiger partial charge in [0.05, 0.1) is 12.0 Å². The van der Waals surface area contributed by atoms with Gasteiger partial charge in [0, 0.05) is 11.7 Å². The Morgan fingerprint density at radius 2 is 2.08 bits per heavy atom. The molecule has 0 radical (unpaired) electrons. The summed E-state index contributed by atoms with van der Waals surface area (Å²) in [5.41, 5.74) is 6.98. The van der Waals surface area contributed by atoms with E-state index >= 15 is 0 Å². The van der Waals surface area contributed by atoms with E-state index < -0.39 is 0 Å². The largest absolute Gasteiger partial charge is 0.353 e. The van der Waals surface area contributed by atoms with E-state index in [1.54, 1.807) is 0 Å². The van der Waals surface area contributed by atoms with Gasteiger partial charge in [-0.15, -0.1) is 0 Å². The molecule has 3 heteroatoms. The van der Waals surface area contributed by atoms with Gasteiger partial charge in [-0.1, -0.05) is 6.58 Å². The summed E-state index contributed by atoms with van der Waals surface area (Å²) in [6.45, 7) is 12.4. The zero-order valence-electron chi connectivity index (χ0n) is 8.89. The smallest absolute Gasteiger partial charge is 0.0998 e. The van der Waals surface area contributed by atoms with E-state index in [-0.39, 0.29) is 11.7 Å². The van der Waals surface area contributed by atoms with Crippen molar-refractivity contribution in [1.29, 1.82) is 0 Å². The molecule has 0 aromatic heterocycles. The molecule has 0 saturated heterocycles. The monoisotopic (exact) mass is 181 g/mol. The van der Waals surface area contributed by atoms with Crippen LogP contribution in [0.3, 0.4) is 0 Å². The Bertz CT molecular complexity index is 247. The molecule has 1 aliphatic heterocycles. The van der Waals surface area contributed by atoms with Gasteiger partial charge in [0.1, 0.15) is 0 Å². The molecule has 13 heavy (non-hydrogen) atoms. The van der Waals surface area contributed by atoms with Gasteiger partial charge in [0.25, 0.3) is 0 Å². The third-order valence-corrected chi connectivity index (χ3v) is 2.16. The van der Waals surface area contributed by atoms with Crippen molar-refractivity contribution in [2.75, 3.05) is 0 Å². The molecule has 1 heterocycles. The zero-order chi connectivity index (χ0) is 10.2. The van der Waals surface area contributed by atoms with E-state index in [9.17, 15) is 0 Å². The molecule has 0 spiro atoms. The molecule has 0 aromatic rings. The van der Waals surface area contributed by atoms with E-state index in [1.165, 1.54) is 0 Å². The zero-order valence-corrected chi connectivity index (χ0v) is 8.89. The second-order valence-electron chi connectivity index (χ2n) is 4.48. The van der Waals surface area contributed by atoms with Gasteiger partial charge in [-0.25, -0.2) is 0 Å². The van der Waals surface area contributed by atoms with Crippen LogP contribution in [0, 0.1) is 0 Å². The summed E-state index contributed by atoms with van der Waals surface area (Å²) in [4.78, 5) is 2.10. The molecule has 0 aliphatic carbocycles. The molecule has 0 amide bonds. The van der Waals surface area contributed by atoms with Crippen LogP contribution >= 0.6 is 0 Å². The molecule has 1 rings (SSSR count). The normalized spacial score (nSPS) is 24.1. The molecule has 3 nitrogen and oxygen atoms in total. The molecule has 0 bridgehead atoms. The summed E-state index contributed by atoms with van der Waals surface area (Å²) in [6.07, 6.45) is 1.97. The molecular weight excluding hydrogens is 162 g/mol. The summed E-state index contributed by atoms with van der Waals surface area (Å²) >= 11 is 0. The molecule has 0 fully saturated rings. The Balaban J connectivity index is 2.94. The maximum absolute atomic E-state index is 5.81. The Morgan fingerprint density at radius 3 is 2.54 bits per heavy atom. The Hall–Kier alpha value is -0.960. The molecular formula is C10H19N3. The standard InChI is InChI=1S/C10H19N3/c1-7-6-13(10(3,4)5)8(2)12-9(7)11/h6,9,12H,2,11H2,1,3-5H3. The van der Waals surface area contributed by atoms with E-state index in [1.807, 2.05) is 6.92 Å². The van der Waals surface area contributed by atoms with Gasteiger partial charge < -0.3 is 16.0 Å². The highest BCUT2D eigenvalue weighted by atomic mass is 15.3. The maximum atomic E-state index is 5.81. The molecule has 0 aromatic carbocycles. The number of rotatable bonds is 0. The van der Waals surface area contributed by atoms with Crippen molar-refractivity contribution >= 4 is 0 Å². The molecule has 1 aliphatic rings. The first-order valence-electron chi connectivity index (χ1n) is 4.51. The summed E-state index contributed by atoms with van der Waals surface area (Å²) in [5.74, 6) is 0.866. The van der Waals surface area contributed by atoms with Gasteiger partial charge in [-0.2, -0.15) is 0 Å². The van der Waals surface area contributed by atoms with E-state index in [4.69, 9.17) is 5.73 Å². The molecule has 1 atom stereocenters. The molecule has 1 unspecified atom stereocenters. The number of hydrogen-bond acceptors (Lipinski definition) is 3. The highest BCUT2D eigenvalue weighted by Gasteiger charge is 2.25.